The third-order valence-electron chi connectivity index (χ3n) is 6.65. The van der Waals surface area contributed by atoms with Crippen molar-refractivity contribution >= 4 is 32.8 Å². The van der Waals surface area contributed by atoms with Crippen LogP contribution in [0.1, 0.15) is 33.6 Å². The van der Waals surface area contributed by atoms with Gasteiger partial charge in [-0.3, -0.25) is 14.2 Å². The normalized spacial score (nSPS) is 29.2. The molecule has 3 fully saturated rings. The third-order valence-corrected chi connectivity index (χ3v) is 7.15. The third kappa shape index (κ3) is 2.79. The molecule has 4 atom stereocenters. The van der Waals surface area contributed by atoms with Crippen molar-refractivity contribution in [2.45, 2.75) is 46.3 Å². The molecule has 3 saturated carbocycles. The molecular weight excluding hydrogens is 396 g/mol. The highest BCUT2D eigenvalue weighted by Crippen LogP contribution is 2.61. The first-order valence-electron chi connectivity index (χ1n) is 9.11. The van der Waals surface area contributed by atoms with Crippen molar-refractivity contribution < 1.29 is 9.53 Å². The van der Waals surface area contributed by atoms with Gasteiger partial charge in [0.1, 0.15) is 12.6 Å². The summed E-state index contributed by atoms with van der Waals surface area (Å²) < 4.78 is 7.89. The van der Waals surface area contributed by atoms with Gasteiger partial charge in [-0.05, 0) is 54.2 Å². The smallest absolute Gasteiger partial charge is 0.326 e. The van der Waals surface area contributed by atoms with Gasteiger partial charge < -0.3 is 4.74 Å². The maximum Gasteiger partial charge on any atom is 0.326 e. The molecule has 3 aliphatic rings. The highest BCUT2D eigenvalue weighted by molar-refractivity contribution is 9.10. The number of benzene rings is 1. The summed E-state index contributed by atoms with van der Waals surface area (Å²) in [5.74, 6) is 1.24. The predicted octanol–water partition coefficient (Wildman–Crippen LogP) is 3.77. The van der Waals surface area contributed by atoms with E-state index in [1.807, 2.05) is 6.07 Å². The second kappa shape index (κ2) is 6.19. The molecule has 0 spiro atoms. The van der Waals surface area contributed by atoms with Crippen LogP contribution in [-0.4, -0.2) is 21.6 Å². The molecule has 26 heavy (non-hydrogen) atoms. The fraction of sp³-hybridized carbons (Fsp3) is 0.550. The largest absolute Gasteiger partial charge is 0.461 e. The summed E-state index contributed by atoms with van der Waals surface area (Å²) in [6.07, 6.45) is 3.54. The van der Waals surface area contributed by atoms with E-state index in [0.29, 0.717) is 34.1 Å². The van der Waals surface area contributed by atoms with Crippen LogP contribution in [0.15, 0.2) is 33.8 Å². The van der Waals surface area contributed by atoms with E-state index >= 15 is 0 Å². The van der Waals surface area contributed by atoms with Gasteiger partial charge in [-0.1, -0.05) is 36.7 Å². The molecule has 0 saturated heterocycles. The fourth-order valence-electron chi connectivity index (χ4n) is 4.85. The molecule has 1 aromatic carbocycles. The maximum atomic E-state index is 12.6. The Balaban J connectivity index is 1.48. The number of carbonyl (C=O) groups is 1. The molecule has 5 nitrogen and oxygen atoms in total. The average Bonchev–Trinajstić information content (AvgIpc) is 2.59. The lowest BCUT2D eigenvalue weighted by Crippen LogP contribution is -2.57. The van der Waals surface area contributed by atoms with Crippen molar-refractivity contribution in [3.63, 3.8) is 0 Å². The molecule has 138 valence electrons. The Morgan fingerprint density at radius 2 is 2.15 bits per heavy atom. The van der Waals surface area contributed by atoms with Crippen LogP contribution in [0.3, 0.4) is 0 Å². The molecule has 1 aromatic heterocycles. The Morgan fingerprint density at radius 3 is 2.85 bits per heavy atom. The van der Waals surface area contributed by atoms with Gasteiger partial charge in [0.05, 0.1) is 17.2 Å². The second-order valence-electron chi connectivity index (χ2n) is 8.32. The van der Waals surface area contributed by atoms with Gasteiger partial charge in [-0.2, -0.15) is 0 Å². The van der Waals surface area contributed by atoms with Crippen LogP contribution in [0.25, 0.3) is 10.9 Å². The lowest BCUT2D eigenvalue weighted by Gasteiger charge is -2.61. The van der Waals surface area contributed by atoms with Gasteiger partial charge in [0, 0.05) is 4.47 Å². The molecule has 0 aliphatic heterocycles. The van der Waals surface area contributed by atoms with Gasteiger partial charge in [0.2, 0.25) is 0 Å². The number of hydrogen-bond acceptors (Lipinski definition) is 4. The Hall–Kier alpha value is -1.69. The van der Waals surface area contributed by atoms with Crippen LogP contribution in [0.2, 0.25) is 0 Å². The summed E-state index contributed by atoms with van der Waals surface area (Å²) >= 11 is 3.37. The zero-order valence-electron chi connectivity index (χ0n) is 15.2. The first kappa shape index (κ1) is 17.7. The summed E-state index contributed by atoms with van der Waals surface area (Å²) in [5, 5.41) is 0.490. The number of rotatable bonds is 3. The lowest BCUT2D eigenvalue weighted by atomic mass is 9.45. The van der Waals surface area contributed by atoms with E-state index in [1.165, 1.54) is 17.3 Å². The van der Waals surface area contributed by atoms with E-state index in [0.717, 1.165) is 10.9 Å². The van der Waals surface area contributed by atoms with E-state index < -0.39 is 0 Å². The number of halogens is 1. The summed E-state index contributed by atoms with van der Waals surface area (Å²) in [6.45, 7) is 6.72. The number of hydrogen-bond donors (Lipinski definition) is 0. The number of aromatic nitrogens is 2. The van der Waals surface area contributed by atoms with Crippen molar-refractivity contribution in [1.82, 2.24) is 9.55 Å². The van der Waals surface area contributed by atoms with Crippen molar-refractivity contribution in [2.24, 2.45) is 23.2 Å². The Labute approximate surface area is 160 Å². The van der Waals surface area contributed by atoms with Crippen molar-refractivity contribution in [3.8, 4) is 0 Å². The highest BCUT2D eigenvalue weighted by Gasteiger charge is 2.57. The summed E-state index contributed by atoms with van der Waals surface area (Å²) in [7, 11) is 0. The number of fused-ring (bicyclic) bond motifs is 3. The van der Waals surface area contributed by atoms with Crippen LogP contribution in [0.5, 0.6) is 0 Å². The Kier molecular flexibility index (Phi) is 4.21. The number of nitrogens with zero attached hydrogens (tertiary/aromatic N) is 2. The zero-order valence-corrected chi connectivity index (χ0v) is 16.8. The lowest BCUT2D eigenvalue weighted by molar-refractivity contribution is -0.186. The average molecular weight is 419 g/mol. The minimum Gasteiger partial charge on any atom is -0.461 e. The number of ether oxygens (including phenoxy) is 1. The van der Waals surface area contributed by atoms with Crippen LogP contribution < -0.4 is 5.56 Å². The molecule has 0 amide bonds. The molecule has 2 aromatic rings. The molecule has 3 aliphatic carbocycles. The Morgan fingerprint density at radius 1 is 1.38 bits per heavy atom. The van der Waals surface area contributed by atoms with Crippen LogP contribution in [0, 0.1) is 23.2 Å². The first-order valence-corrected chi connectivity index (χ1v) is 9.91. The fourth-order valence-corrected chi connectivity index (χ4v) is 5.21. The molecule has 0 radical (unpaired) electrons. The summed E-state index contributed by atoms with van der Waals surface area (Å²) in [5.41, 5.74) is 0.745. The van der Waals surface area contributed by atoms with Gasteiger partial charge >= 0.3 is 5.97 Å². The summed E-state index contributed by atoms with van der Waals surface area (Å²) in [6, 6.07) is 5.34. The molecule has 5 rings (SSSR count). The number of esters is 1. The zero-order chi connectivity index (χ0) is 18.6. The van der Waals surface area contributed by atoms with Gasteiger partial charge in [0.25, 0.3) is 5.56 Å². The highest BCUT2D eigenvalue weighted by atomic mass is 79.9. The molecule has 1 heterocycles. The maximum absolute atomic E-state index is 12.6. The minimum absolute atomic E-state index is 0.0439. The SMILES string of the molecule is C[C@@H]1[C@H]2C[C@H](C[C@H]1OC(=O)Cn1cnc3ccc(Br)cc3c1=O)C2(C)C. The molecule has 6 heteroatoms. The standard InChI is InChI=1S/C20H23BrN2O3/c1-11-15-6-12(20(15,2)3)7-17(11)26-18(24)9-23-10-22-16-5-4-13(21)8-14(16)19(23)25/h4-5,8,10-12,15,17H,6-7,9H2,1-3H3/t11-,12-,15-,17-/m1/s1. The van der Waals surface area contributed by atoms with Crippen molar-refractivity contribution in [1.29, 1.82) is 0 Å². The first-order chi connectivity index (χ1) is 12.3. The molecule has 0 unspecified atom stereocenters. The van der Waals surface area contributed by atoms with Crippen molar-refractivity contribution in [2.75, 3.05) is 0 Å². The minimum atomic E-state index is -0.362. The Bertz CT molecular complexity index is 936. The van der Waals surface area contributed by atoms with E-state index in [2.05, 4.69) is 41.7 Å². The van der Waals surface area contributed by atoms with Crippen LogP contribution >= 0.6 is 15.9 Å². The van der Waals surface area contributed by atoms with E-state index in [4.69, 9.17) is 4.74 Å². The summed E-state index contributed by atoms with van der Waals surface area (Å²) in [4.78, 5) is 29.3. The van der Waals surface area contributed by atoms with Gasteiger partial charge in [-0.15, -0.1) is 0 Å². The van der Waals surface area contributed by atoms with E-state index in [-0.39, 0.29) is 24.2 Å². The van der Waals surface area contributed by atoms with Crippen molar-refractivity contribution in [3.05, 3.63) is 39.4 Å². The molecular formula is C20H23BrN2O3. The van der Waals surface area contributed by atoms with Gasteiger partial charge in [-0.25, -0.2) is 4.98 Å². The monoisotopic (exact) mass is 418 g/mol. The van der Waals surface area contributed by atoms with Crippen LogP contribution in [0.4, 0.5) is 0 Å². The predicted molar refractivity (Wildman–Crippen MR) is 103 cm³/mol. The van der Waals surface area contributed by atoms with Crippen LogP contribution in [-0.2, 0) is 16.1 Å². The number of carbonyl (C=O) groups excluding carboxylic acids is 1. The van der Waals surface area contributed by atoms with E-state index in [9.17, 15) is 9.59 Å². The quantitative estimate of drug-likeness (QED) is 0.711. The van der Waals surface area contributed by atoms with E-state index in [1.54, 1.807) is 12.1 Å². The van der Waals surface area contributed by atoms with Gasteiger partial charge in [0.15, 0.2) is 0 Å². The molecule has 2 bridgehead atoms. The topological polar surface area (TPSA) is 61.2 Å². The molecule has 0 N–H and O–H groups in total. The second-order valence-corrected chi connectivity index (χ2v) is 9.24.